The van der Waals surface area contributed by atoms with E-state index in [0.29, 0.717) is 48.2 Å². The minimum atomic E-state index is -0.799. The maximum atomic E-state index is 14.2. The van der Waals surface area contributed by atoms with Crippen LogP contribution < -0.4 is 24.4 Å². The second-order valence-corrected chi connectivity index (χ2v) is 11.9. The van der Waals surface area contributed by atoms with Crippen LogP contribution in [0.15, 0.2) is 112 Å². The van der Waals surface area contributed by atoms with Crippen molar-refractivity contribution in [1.29, 1.82) is 5.26 Å². The third-order valence-corrected chi connectivity index (χ3v) is 8.76. The molecule has 0 unspecified atom stereocenters. The molecule has 0 spiro atoms. The summed E-state index contributed by atoms with van der Waals surface area (Å²) < 4.78 is 19.1. The smallest absolute Gasteiger partial charge is 0.338 e. The Labute approximate surface area is 279 Å². The van der Waals surface area contributed by atoms with E-state index in [-0.39, 0.29) is 24.3 Å². The molecule has 1 atom stereocenters. The van der Waals surface area contributed by atoms with Crippen molar-refractivity contribution in [3.63, 3.8) is 0 Å². The van der Waals surface area contributed by atoms with E-state index < -0.39 is 12.0 Å². The van der Waals surface area contributed by atoms with Gasteiger partial charge in [0.1, 0.15) is 6.61 Å². The zero-order chi connectivity index (χ0) is 32.9. The van der Waals surface area contributed by atoms with Crippen LogP contribution in [0, 0.1) is 11.3 Å². The van der Waals surface area contributed by atoms with Crippen molar-refractivity contribution in [1.82, 2.24) is 4.57 Å². The van der Waals surface area contributed by atoms with Crippen LogP contribution >= 0.6 is 22.9 Å². The molecule has 1 aliphatic rings. The highest BCUT2D eigenvalue weighted by Gasteiger charge is 2.35. The standard InChI is InChI=1S/C37H28ClN3O5S/c1-3-45-36(43)32-33(26-7-5-4-6-8-26)40-37-41(34(32)27-14-16-28(38)17-15-27)35(42)31(47-37)20-25-13-18-29(30(19-25)44-2)46-22-24-11-9-23(21-39)10-12-24/h4-20,34H,3,22H2,1-2H3/b31-20-/t34-/m0/s1. The monoisotopic (exact) mass is 661 g/mol. The number of carbonyl (C=O) groups is 1. The van der Waals surface area contributed by atoms with E-state index in [1.807, 2.05) is 48.5 Å². The molecule has 0 saturated heterocycles. The first-order valence-corrected chi connectivity index (χ1v) is 15.9. The lowest BCUT2D eigenvalue weighted by molar-refractivity contribution is -0.138. The second-order valence-electron chi connectivity index (χ2n) is 10.5. The van der Waals surface area contributed by atoms with Gasteiger partial charge in [0.2, 0.25) is 0 Å². The van der Waals surface area contributed by atoms with Gasteiger partial charge in [-0.2, -0.15) is 5.26 Å². The molecule has 0 saturated carbocycles. The number of hydrogen-bond donors (Lipinski definition) is 0. The molecule has 2 heterocycles. The molecule has 0 amide bonds. The third kappa shape index (κ3) is 6.61. The van der Waals surface area contributed by atoms with E-state index in [9.17, 15) is 9.59 Å². The summed E-state index contributed by atoms with van der Waals surface area (Å²) in [5.41, 5.74) is 4.04. The van der Waals surface area contributed by atoms with Gasteiger partial charge in [-0.15, -0.1) is 0 Å². The molecular weight excluding hydrogens is 634 g/mol. The predicted octanol–water partition coefficient (Wildman–Crippen LogP) is 6.05. The van der Waals surface area contributed by atoms with Gasteiger partial charge in [0, 0.05) is 10.6 Å². The number of methoxy groups -OCH3 is 1. The number of benzene rings is 4. The van der Waals surface area contributed by atoms with Crippen molar-refractivity contribution in [3.05, 3.63) is 155 Å². The first kappa shape index (κ1) is 31.5. The highest BCUT2D eigenvalue weighted by atomic mass is 35.5. The van der Waals surface area contributed by atoms with Crippen LogP contribution in [0.25, 0.3) is 11.8 Å². The number of thiazole rings is 1. The van der Waals surface area contributed by atoms with Crippen molar-refractivity contribution in [2.75, 3.05) is 13.7 Å². The molecule has 0 fully saturated rings. The van der Waals surface area contributed by atoms with Gasteiger partial charge in [0.05, 0.1) is 47.2 Å². The van der Waals surface area contributed by atoms with E-state index in [2.05, 4.69) is 6.07 Å². The molecule has 0 N–H and O–H groups in total. The Morgan fingerprint density at radius 1 is 1.02 bits per heavy atom. The quantitative estimate of drug-likeness (QED) is 0.178. The second kappa shape index (κ2) is 13.9. The Kier molecular flexibility index (Phi) is 9.34. The molecule has 1 aliphatic heterocycles. The van der Waals surface area contributed by atoms with E-state index in [0.717, 1.165) is 11.1 Å². The highest BCUT2D eigenvalue weighted by molar-refractivity contribution is 7.07. The van der Waals surface area contributed by atoms with Gasteiger partial charge >= 0.3 is 5.97 Å². The Balaban J connectivity index is 1.44. The van der Waals surface area contributed by atoms with Crippen LogP contribution in [-0.4, -0.2) is 24.3 Å². The minimum absolute atomic E-state index is 0.164. The number of halogens is 1. The Bertz CT molecular complexity index is 2200. The van der Waals surface area contributed by atoms with E-state index in [1.165, 1.54) is 11.3 Å². The van der Waals surface area contributed by atoms with Gasteiger partial charge in [-0.3, -0.25) is 9.36 Å². The highest BCUT2D eigenvalue weighted by Crippen LogP contribution is 2.35. The van der Waals surface area contributed by atoms with Crippen LogP contribution in [0.2, 0.25) is 5.02 Å². The Morgan fingerprint density at radius 3 is 2.45 bits per heavy atom. The normalized spacial score (nSPS) is 14.2. The maximum absolute atomic E-state index is 14.2. The summed E-state index contributed by atoms with van der Waals surface area (Å²) in [4.78, 5) is 33.1. The molecule has 0 radical (unpaired) electrons. The molecule has 0 bridgehead atoms. The van der Waals surface area contributed by atoms with Gasteiger partial charge in [-0.05, 0) is 66.1 Å². The van der Waals surface area contributed by atoms with Crippen LogP contribution in [0.5, 0.6) is 11.5 Å². The molecular formula is C37H28ClN3O5S. The topological polar surface area (TPSA) is 103 Å². The van der Waals surface area contributed by atoms with Crippen molar-refractivity contribution in [3.8, 4) is 17.6 Å². The summed E-state index contributed by atoms with van der Waals surface area (Å²) in [7, 11) is 1.55. The number of aromatic nitrogens is 1. The molecule has 4 aromatic carbocycles. The van der Waals surface area contributed by atoms with Gasteiger partial charge in [-0.25, -0.2) is 9.79 Å². The van der Waals surface area contributed by atoms with Gasteiger partial charge in [-0.1, -0.05) is 83.6 Å². The number of nitrogens with zero attached hydrogens (tertiary/aromatic N) is 3. The number of ether oxygens (including phenoxy) is 3. The average molecular weight is 662 g/mol. The van der Waals surface area contributed by atoms with Gasteiger partial charge < -0.3 is 14.2 Å². The molecule has 234 valence electrons. The number of rotatable bonds is 9. The average Bonchev–Trinajstić information content (AvgIpc) is 3.41. The number of nitriles is 1. The van der Waals surface area contributed by atoms with Gasteiger partial charge in [0.25, 0.3) is 5.56 Å². The number of esters is 1. The molecule has 1 aromatic heterocycles. The lowest BCUT2D eigenvalue weighted by Gasteiger charge is -2.25. The lowest BCUT2D eigenvalue weighted by Crippen LogP contribution is -2.40. The number of hydrogen-bond acceptors (Lipinski definition) is 8. The van der Waals surface area contributed by atoms with Crippen LogP contribution in [-0.2, 0) is 16.1 Å². The first-order valence-electron chi connectivity index (χ1n) is 14.7. The molecule has 6 rings (SSSR count). The lowest BCUT2D eigenvalue weighted by atomic mass is 9.93. The molecule has 0 aliphatic carbocycles. The fourth-order valence-electron chi connectivity index (χ4n) is 5.28. The van der Waals surface area contributed by atoms with Crippen molar-refractivity contribution in [2.24, 2.45) is 4.99 Å². The third-order valence-electron chi connectivity index (χ3n) is 7.52. The predicted molar refractivity (Wildman–Crippen MR) is 181 cm³/mol. The summed E-state index contributed by atoms with van der Waals surface area (Å²) in [6, 6.07) is 30.3. The largest absolute Gasteiger partial charge is 0.493 e. The van der Waals surface area contributed by atoms with E-state index >= 15 is 0 Å². The van der Waals surface area contributed by atoms with Crippen molar-refractivity contribution in [2.45, 2.75) is 19.6 Å². The summed E-state index contributed by atoms with van der Waals surface area (Å²) in [5.74, 6) is 0.477. The maximum Gasteiger partial charge on any atom is 0.338 e. The van der Waals surface area contributed by atoms with Crippen molar-refractivity contribution >= 4 is 40.7 Å². The van der Waals surface area contributed by atoms with Gasteiger partial charge in [0.15, 0.2) is 16.3 Å². The summed E-state index contributed by atoms with van der Waals surface area (Å²) in [6.45, 7) is 2.19. The summed E-state index contributed by atoms with van der Waals surface area (Å²) >= 11 is 7.46. The zero-order valence-electron chi connectivity index (χ0n) is 25.5. The van der Waals surface area contributed by atoms with E-state index in [4.69, 9.17) is 36.1 Å². The summed E-state index contributed by atoms with van der Waals surface area (Å²) in [5, 5.41) is 9.57. The number of carbonyl (C=O) groups excluding carboxylic acids is 1. The first-order chi connectivity index (χ1) is 22.9. The summed E-state index contributed by atoms with van der Waals surface area (Å²) in [6.07, 6.45) is 1.77. The van der Waals surface area contributed by atoms with Crippen molar-refractivity contribution < 1.29 is 19.0 Å². The number of fused-ring (bicyclic) bond motifs is 1. The fourth-order valence-corrected chi connectivity index (χ4v) is 6.41. The Morgan fingerprint density at radius 2 is 1.77 bits per heavy atom. The fraction of sp³-hybridized carbons (Fsp3) is 0.135. The molecule has 5 aromatic rings. The zero-order valence-corrected chi connectivity index (χ0v) is 27.0. The van der Waals surface area contributed by atoms with Crippen LogP contribution in [0.3, 0.4) is 0 Å². The molecule has 47 heavy (non-hydrogen) atoms. The SMILES string of the molecule is CCOC(=O)C1=C(c2ccccc2)N=c2s/c(=C\c3ccc(OCc4ccc(C#N)cc4)c(OC)c3)c(=O)n2[C@H]1c1ccc(Cl)cc1. The van der Waals surface area contributed by atoms with E-state index in [1.54, 1.807) is 73.2 Å². The molecule has 10 heteroatoms. The Hall–Kier alpha value is -5.43. The minimum Gasteiger partial charge on any atom is -0.493 e. The van der Waals surface area contributed by atoms with Crippen LogP contribution in [0.4, 0.5) is 0 Å². The van der Waals surface area contributed by atoms with Crippen LogP contribution in [0.1, 0.15) is 40.8 Å². The molecule has 8 nitrogen and oxygen atoms in total.